The molecule has 0 saturated carbocycles. The molecule has 1 aromatic heterocycles. The monoisotopic (exact) mass is 542 g/mol. The second-order valence-electron chi connectivity index (χ2n) is 7.33. The van der Waals surface area contributed by atoms with Gasteiger partial charge in [-0.2, -0.15) is 15.0 Å². The molecule has 0 fully saturated rings. The third-order valence-corrected chi connectivity index (χ3v) is 4.80. The summed E-state index contributed by atoms with van der Waals surface area (Å²) in [4.78, 5) is 46.2. The third-order valence-electron chi connectivity index (χ3n) is 4.80. The molecular formula is C24H18FeN6O6. The number of carboxylic acid groups (broad SMARTS) is 3. The standard InChI is InChI=1S/C24H18N6O6.Fe/c31-19(32)13-1-7-16(8-2-13)25-22-28-23(26-17-9-3-14(4-10-17)20(33)34)30-24(29-22)27-18-11-5-15(6-12-18)21(35)36;/h1-12H,(H,31,32)(H,33,34)(H,35,36)(H3,25,26,27,28,29,30);. The van der Waals surface area contributed by atoms with Crippen LogP contribution in [0, 0.1) is 0 Å². The molecule has 4 aromatic rings. The molecule has 0 aliphatic rings. The minimum absolute atomic E-state index is 0. The number of hydrogen-bond donors (Lipinski definition) is 6. The quantitative estimate of drug-likeness (QED) is 0.166. The first-order chi connectivity index (χ1) is 17.3. The fraction of sp³-hybridized carbons (Fsp3) is 0. The van der Waals surface area contributed by atoms with Gasteiger partial charge in [0.25, 0.3) is 0 Å². The molecule has 6 N–H and O–H groups in total. The van der Waals surface area contributed by atoms with Crippen LogP contribution in [0.5, 0.6) is 0 Å². The van der Waals surface area contributed by atoms with Crippen molar-refractivity contribution in [3.8, 4) is 0 Å². The first kappa shape index (κ1) is 26.6. The molecular weight excluding hydrogens is 524 g/mol. The van der Waals surface area contributed by atoms with Gasteiger partial charge in [0.05, 0.1) is 16.7 Å². The Morgan fingerprint density at radius 2 is 0.676 bits per heavy atom. The molecule has 37 heavy (non-hydrogen) atoms. The van der Waals surface area contributed by atoms with E-state index in [4.69, 9.17) is 15.3 Å². The molecule has 12 nitrogen and oxygen atoms in total. The van der Waals surface area contributed by atoms with Crippen molar-refractivity contribution in [2.75, 3.05) is 16.0 Å². The zero-order chi connectivity index (χ0) is 25.7. The Kier molecular flexibility index (Phi) is 8.35. The van der Waals surface area contributed by atoms with Gasteiger partial charge in [-0.05, 0) is 72.8 Å². The van der Waals surface area contributed by atoms with E-state index >= 15 is 0 Å². The Bertz CT molecular complexity index is 1240. The van der Waals surface area contributed by atoms with Crippen LogP contribution in [0.25, 0.3) is 0 Å². The molecule has 0 spiro atoms. The molecule has 0 atom stereocenters. The average molecular weight is 542 g/mol. The Morgan fingerprint density at radius 3 is 0.865 bits per heavy atom. The maximum atomic E-state index is 11.1. The minimum Gasteiger partial charge on any atom is -0.478 e. The second-order valence-corrected chi connectivity index (χ2v) is 7.33. The molecule has 0 unspecified atom stereocenters. The number of anilines is 6. The van der Waals surface area contributed by atoms with E-state index in [0.717, 1.165) is 0 Å². The fourth-order valence-electron chi connectivity index (χ4n) is 3.02. The first-order valence-electron chi connectivity index (χ1n) is 10.3. The Hall–Kier alpha value is -5.00. The Labute approximate surface area is 219 Å². The molecule has 0 aliphatic heterocycles. The van der Waals surface area contributed by atoms with Crippen LogP contribution in [0.1, 0.15) is 31.1 Å². The van der Waals surface area contributed by atoms with E-state index < -0.39 is 17.9 Å². The summed E-state index contributed by atoms with van der Waals surface area (Å²) in [6.07, 6.45) is 0. The van der Waals surface area contributed by atoms with E-state index in [2.05, 4.69) is 30.9 Å². The van der Waals surface area contributed by atoms with Crippen molar-refractivity contribution in [1.82, 2.24) is 15.0 Å². The summed E-state index contributed by atoms with van der Waals surface area (Å²) < 4.78 is 0. The van der Waals surface area contributed by atoms with Crippen LogP contribution >= 0.6 is 0 Å². The van der Waals surface area contributed by atoms with Crippen LogP contribution in [0.3, 0.4) is 0 Å². The maximum Gasteiger partial charge on any atom is 0.335 e. The van der Waals surface area contributed by atoms with E-state index in [1.54, 1.807) is 36.4 Å². The molecule has 0 radical (unpaired) electrons. The summed E-state index contributed by atoms with van der Waals surface area (Å²) in [6, 6.07) is 17.9. The van der Waals surface area contributed by atoms with Gasteiger partial charge in [0.1, 0.15) is 0 Å². The van der Waals surface area contributed by atoms with Gasteiger partial charge in [-0.3, -0.25) is 0 Å². The van der Waals surface area contributed by atoms with Crippen LogP contribution in [-0.4, -0.2) is 48.2 Å². The van der Waals surface area contributed by atoms with Gasteiger partial charge in [-0.15, -0.1) is 0 Å². The van der Waals surface area contributed by atoms with Gasteiger partial charge in [-0.25, -0.2) is 14.4 Å². The van der Waals surface area contributed by atoms with Gasteiger partial charge in [0.15, 0.2) is 0 Å². The molecule has 0 bridgehead atoms. The largest absolute Gasteiger partial charge is 0.478 e. The van der Waals surface area contributed by atoms with Crippen LogP contribution < -0.4 is 16.0 Å². The molecule has 0 aliphatic carbocycles. The molecule has 0 saturated heterocycles. The van der Waals surface area contributed by atoms with Crippen LogP contribution in [0.4, 0.5) is 34.9 Å². The zero-order valence-corrected chi connectivity index (χ0v) is 19.8. The molecule has 0 amide bonds. The average Bonchev–Trinajstić information content (AvgIpc) is 2.85. The molecule has 13 heteroatoms. The number of nitrogens with zero attached hydrogens (tertiary/aromatic N) is 3. The maximum absolute atomic E-state index is 11.1. The number of nitrogens with one attached hydrogen (secondary N) is 3. The van der Waals surface area contributed by atoms with Crippen LogP contribution in [0.2, 0.25) is 0 Å². The van der Waals surface area contributed by atoms with E-state index in [1.807, 2.05) is 0 Å². The number of rotatable bonds is 9. The summed E-state index contributed by atoms with van der Waals surface area (Å²) >= 11 is 0. The van der Waals surface area contributed by atoms with E-state index in [9.17, 15) is 14.4 Å². The molecule has 3 aromatic carbocycles. The number of carboxylic acids is 3. The third kappa shape index (κ3) is 7.01. The predicted octanol–water partition coefficient (Wildman–Crippen LogP) is 4.19. The summed E-state index contributed by atoms with van der Waals surface area (Å²) in [6.45, 7) is 0. The smallest absolute Gasteiger partial charge is 0.335 e. The minimum atomic E-state index is -1.05. The van der Waals surface area contributed by atoms with Crippen LogP contribution in [0.15, 0.2) is 72.8 Å². The summed E-state index contributed by atoms with van der Waals surface area (Å²) in [5.74, 6) is -2.78. The predicted molar refractivity (Wildman–Crippen MR) is 130 cm³/mol. The van der Waals surface area contributed by atoms with Crippen molar-refractivity contribution in [2.24, 2.45) is 0 Å². The molecule has 1 heterocycles. The number of aromatic nitrogens is 3. The summed E-state index contributed by atoms with van der Waals surface area (Å²) in [5.41, 5.74) is 1.95. The van der Waals surface area contributed by atoms with Gasteiger partial charge in [-0.1, -0.05) is 0 Å². The van der Waals surface area contributed by atoms with Gasteiger partial charge < -0.3 is 31.3 Å². The SMILES string of the molecule is O=C(O)c1ccc(Nc2nc(Nc3ccc(C(=O)O)cc3)nc(Nc3ccc(C(=O)O)cc3)n2)cc1.[Fe]. The van der Waals surface area contributed by atoms with E-state index in [1.165, 1.54) is 36.4 Å². The van der Waals surface area contributed by atoms with Crippen molar-refractivity contribution < 1.29 is 46.8 Å². The van der Waals surface area contributed by atoms with Gasteiger partial charge >= 0.3 is 17.9 Å². The van der Waals surface area contributed by atoms with Crippen molar-refractivity contribution in [1.29, 1.82) is 0 Å². The Morgan fingerprint density at radius 1 is 0.459 bits per heavy atom. The number of aromatic carboxylic acids is 3. The van der Waals surface area contributed by atoms with Crippen molar-refractivity contribution in [3.63, 3.8) is 0 Å². The molecule has 188 valence electrons. The van der Waals surface area contributed by atoms with Gasteiger partial charge in [0.2, 0.25) is 17.8 Å². The molecule has 4 rings (SSSR count). The topological polar surface area (TPSA) is 187 Å². The van der Waals surface area contributed by atoms with Crippen LogP contribution in [-0.2, 0) is 17.1 Å². The van der Waals surface area contributed by atoms with E-state index in [0.29, 0.717) is 17.1 Å². The van der Waals surface area contributed by atoms with Gasteiger partial charge in [0, 0.05) is 34.1 Å². The van der Waals surface area contributed by atoms with Crippen molar-refractivity contribution in [3.05, 3.63) is 89.5 Å². The summed E-state index contributed by atoms with van der Waals surface area (Å²) in [7, 11) is 0. The summed E-state index contributed by atoms with van der Waals surface area (Å²) in [5, 5.41) is 36.2. The van der Waals surface area contributed by atoms with E-state index in [-0.39, 0.29) is 51.6 Å². The second kappa shape index (κ2) is 11.6. The normalized spacial score (nSPS) is 10.1. The number of benzene rings is 3. The van der Waals surface area contributed by atoms with Crippen molar-refractivity contribution in [2.45, 2.75) is 0 Å². The zero-order valence-electron chi connectivity index (χ0n) is 18.7. The number of carbonyl (C=O) groups is 3. The Balaban J connectivity index is 0.00000380. The first-order valence-corrected chi connectivity index (χ1v) is 10.3. The number of hydrogen-bond acceptors (Lipinski definition) is 9. The fourth-order valence-corrected chi connectivity index (χ4v) is 3.02. The van der Waals surface area contributed by atoms with Crippen molar-refractivity contribution >= 4 is 52.8 Å².